The smallest absolute Gasteiger partial charge is 0.191 e. The summed E-state index contributed by atoms with van der Waals surface area (Å²) in [5.41, 5.74) is 10.2. The van der Waals surface area contributed by atoms with E-state index in [0.717, 1.165) is 58.5 Å². The van der Waals surface area contributed by atoms with E-state index >= 15 is 0 Å². The van der Waals surface area contributed by atoms with Gasteiger partial charge in [0.25, 0.3) is 0 Å². The van der Waals surface area contributed by atoms with Crippen LogP contribution in [-0.4, -0.2) is 44.9 Å². The zero-order valence-electron chi connectivity index (χ0n) is 19.6. The average molecular weight is 483 g/mol. The van der Waals surface area contributed by atoms with Crippen LogP contribution in [0.5, 0.6) is 0 Å². The maximum Gasteiger partial charge on any atom is 0.191 e. The highest BCUT2D eigenvalue weighted by Crippen LogP contribution is 2.34. The van der Waals surface area contributed by atoms with Crippen molar-refractivity contribution in [2.45, 2.75) is 44.9 Å². The quantitative estimate of drug-likeness (QED) is 0.315. The number of hydrogen-bond acceptors (Lipinski definition) is 7. The number of thiazole rings is 1. The van der Waals surface area contributed by atoms with Crippen LogP contribution in [0.3, 0.4) is 0 Å². The van der Waals surface area contributed by atoms with Crippen LogP contribution >= 0.6 is 11.3 Å². The van der Waals surface area contributed by atoms with Crippen LogP contribution in [0.4, 0.5) is 15.3 Å². The molecule has 1 aromatic carbocycles. The predicted octanol–water partition coefficient (Wildman–Crippen LogP) is 4.92. The molecule has 0 saturated heterocycles. The summed E-state index contributed by atoms with van der Waals surface area (Å²) in [6, 6.07) is 10.4. The first-order chi connectivity index (χ1) is 16.5. The van der Waals surface area contributed by atoms with Crippen molar-refractivity contribution in [1.82, 2.24) is 19.6 Å². The number of aromatic nitrogens is 4. The minimum atomic E-state index is -0.270. The largest absolute Gasteiger partial charge is 0.396 e. The molecule has 0 amide bonds. The second kappa shape index (κ2) is 11.0. The lowest BCUT2D eigenvalue weighted by molar-refractivity contribution is 0.288. The number of aryl methyl sites for hydroxylation is 1. The number of aliphatic hydroxyl groups is 1. The van der Waals surface area contributed by atoms with E-state index in [1.165, 1.54) is 23.5 Å². The molecule has 1 atom stereocenters. The lowest BCUT2D eigenvalue weighted by Gasteiger charge is -2.18. The number of hydrogen-bond donors (Lipinski definition) is 2. The van der Waals surface area contributed by atoms with Crippen molar-refractivity contribution in [1.29, 1.82) is 0 Å². The van der Waals surface area contributed by atoms with Crippen LogP contribution in [0.1, 0.15) is 49.9 Å². The summed E-state index contributed by atoms with van der Waals surface area (Å²) < 4.78 is 15.2. The van der Waals surface area contributed by atoms with Crippen LogP contribution in [0.25, 0.3) is 16.9 Å². The Morgan fingerprint density at radius 3 is 2.65 bits per heavy atom. The second-order valence-electron chi connectivity index (χ2n) is 8.38. The third-order valence-corrected chi connectivity index (χ3v) is 6.84. The van der Waals surface area contributed by atoms with Gasteiger partial charge >= 0.3 is 0 Å². The van der Waals surface area contributed by atoms with Gasteiger partial charge in [-0.1, -0.05) is 13.3 Å². The van der Waals surface area contributed by atoms with Crippen molar-refractivity contribution in [2.24, 2.45) is 5.73 Å². The SMILES string of the molecule is CCCC(CCN)c1ccc2nc(CCCO)c(N(C)c3nc(-c4ccc(F)cc4)cs3)n2n1. The van der Waals surface area contributed by atoms with Crippen LogP contribution in [0, 0.1) is 5.82 Å². The summed E-state index contributed by atoms with van der Waals surface area (Å²) in [7, 11) is 1.96. The Hall–Kier alpha value is -2.88. The summed E-state index contributed by atoms with van der Waals surface area (Å²) in [4.78, 5) is 11.6. The molecule has 3 N–H and O–H groups in total. The Kier molecular flexibility index (Phi) is 7.87. The molecule has 0 bridgehead atoms. The normalized spacial score (nSPS) is 12.4. The number of imidazole rings is 1. The fourth-order valence-corrected chi connectivity index (χ4v) is 5.00. The molecule has 9 heteroatoms. The molecule has 0 aliphatic carbocycles. The highest BCUT2D eigenvalue weighted by atomic mass is 32.1. The van der Waals surface area contributed by atoms with Crippen molar-refractivity contribution in [3.63, 3.8) is 0 Å². The van der Waals surface area contributed by atoms with Crippen LogP contribution in [0.15, 0.2) is 41.8 Å². The molecule has 0 fully saturated rings. The molecular weight excluding hydrogens is 451 g/mol. The number of nitrogens with two attached hydrogens (primary N) is 1. The number of benzene rings is 1. The van der Waals surface area contributed by atoms with E-state index in [1.54, 1.807) is 12.1 Å². The summed E-state index contributed by atoms with van der Waals surface area (Å²) in [5.74, 6) is 0.868. The van der Waals surface area contributed by atoms with E-state index in [1.807, 2.05) is 34.0 Å². The molecule has 3 heterocycles. The van der Waals surface area contributed by atoms with Gasteiger partial charge in [0, 0.05) is 30.5 Å². The van der Waals surface area contributed by atoms with E-state index < -0.39 is 0 Å². The van der Waals surface area contributed by atoms with Crippen molar-refractivity contribution < 1.29 is 9.50 Å². The fourth-order valence-electron chi connectivity index (χ4n) is 4.20. The molecule has 180 valence electrons. The Labute approximate surface area is 203 Å². The Balaban J connectivity index is 1.75. The average Bonchev–Trinajstić information content (AvgIpc) is 3.47. The first kappa shape index (κ1) is 24.3. The lowest BCUT2D eigenvalue weighted by Crippen LogP contribution is -2.16. The molecule has 0 aliphatic rings. The zero-order valence-corrected chi connectivity index (χ0v) is 20.4. The highest BCUT2D eigenvalue weighted by Gasteiger charge is 2.22. The number of halogens is 1. The van der Waals surface area contributed by atoms with Gasteiger partial charge in [-0.15, -0.1) is 11.3 Å². The van der Waals surface area contributed by atoms with Crippen LogP contribution < -0.4 is 10.6 Å². The Bertz CT molecular complexity index is 1220. The van der Waals surface area contributed by atoms with Crippen LogP contribution in [0.2, 0.25) is 0 Å². The van der Waals surface area contributed by atoms with E-state index in [9.17, 15) is 9.50 Å². The summed E-state index contributed by atoms with van der Waals surface area (Å²) in [5, 5.41) is 17.2. The summed E-state index contributed by atoms with van der Waals surface area (Å²) in [6.45, 7) is 2.89. The van der Waals surface area contributed by atoms with Gasteiger partial charge in [0.15, 0.2) is 16.6 Å². The molecule has 7 nitrogen and oxygen atoms in total. The van der Waals surface area contributed by atoms with E-state index in [-0.39, 0.29) is 12.4 Å². The van der Waals surface area contributed by atoms with Crippen molar-refractivity contribution in [3.05, 3.63) is 59.0 Å². The first-order valence-corrected chi connectivity index (χ1v) is 12.6. The number of rotatable bonds is 11. The van der Waals surface area contributed by atoms with Gasteiger partial charge in [-0.25, -0.2) is 14.4 Å². The molecule has 0 saturated carbocycles. The van der Waals surface area contributed by atoms with Crippen molar-refractivity contribution >= 4 is 27.9 Å². The first-order valence-electron chi connectivity index (χ1n) is 11.7. The lowest BCUT2D eigenvalue weighted by atomic mass is 9.96. The molecule has 4 rings (SSSR count). The van der Waals surface area contributed by atoms with Gasteiger partial charge in [0.1, 0.15) is 5.82 Å². The van der Waals surface area contributed by atoms with Gasteiger partial charge in [0.05, 0.1) is 17.1 Å². The topological polar surface area (TPSA) is 92.6 Å². The molecular formula is C25H31FN6OS. The maximum atomic E-state index is 13.3. The van der Waals surface area contributed by atoms with Gasteiger partial charge in [-0.2, -0.15) is 9.61 Å². The number of aliphatic hydroxyl groups excluding tert-OH is 1. The Morgan fingerprint density at radius 2 is 1.94 bits per heavy atom. The predicted molar refractivity (Wildman–Crippen MR) is 135 cm³/mol. The molecule has 0 spiro atoms. The number of anilines is 2. The zero-order chi connectivity index (χ0) is 24.1. The Morgan fingerprint density at radius 1 is 1.15 bits per heavy atom. The van der Waals surface area contributed by atoms with Crippen LogP contribution in [-0.2, 0) is 6.42 Å². The minimum absolute atomic E-state index is 0.0940. The molecule has 1 unspecified atom stereocenters. The third kappa shape index (κ3) is 5.11. The third-order valence-electron chi connectivity index (χ3n) is 5.92. The monoisotopic (exact) mass is 482 g/mol. The summed E-state index contributed by atoms with van der Waals surface area (Å²) >= 11 is 1.51. The maximum absolute atomic E-state index is 13.3. The van der Waals surface area contributed by atoms with Gasteiger partial charge in [-0.3, -0.25) is 0 Å². The molecule has 3 aromatic heterocycles. The molecule has 34 heavy (non-hydrogen) atoms. The van der Waals surface area contributed by atoms with E-state index in [4.69, 9.17) is 20.8 Å². The van der Waals surface area contributed by atoms with E-state index in [2.05, 4.69) is 6.92 Å². The standard InChI is InChI=1S/C25H31FN6OS/c1-3-5-17(13-14-27)20-11-12-23-28-21(6-4-15-33)24(32(23)30-20)31(2)25-29-22(16-34-25)18-7-9-19(26)10-8-18/h7-12,16-17,33H,3-6,13-15,27H2,1-2H3. The van der Waals surface area contributed by atoms with Crippen molar-refractivity contribution in [3.8, 4) is 11.3 Å². The van der Waals surface area contributed by atoms with Gasteiger partial charge in [-0.05, 0) is 68.6 Å². The fraction of sp³-hybridized carbons (Fsp3) is 0.400. The minimum Gasteiger partial charge on any atom is -0.396 e. The van der Waals surface area contributed by atoms with Gasteiger partial charge < -0.3 is 15.7 Å². The van der Waals surface area contributed by atoms with Gasteiger partial charge in [0.2, 0.25) is 0 Å². The summed E-state index contributed by atoms with van der Waals surface area (Å²) in [6.07, 6.45) is 4.22. The number of fused-ring (bicyclic) bond motifs is 1. The second-order valence-corrected chi connectivity index (χ2v) is 9.22. The van der Waals surface area contributed by atoms with E-state index in [0.29, 0.717) is 25.3 Å². The number of nitrogens with zero attached hydrogens (tertiary/aromatic N) is 5. The molecule has 4 aromatic rings. The van der Waals surface area contributed by atoms with Crippen molar-refractivity contribution in [2.75, 3.05) is 25.1 Å². The molecule has 0 radical (unpaired) electrons. The molecule has 0 aliphatic heterocycles. The highest BCUT2D eigenvalue weighted by molar-refractivity contribution is 7.14.